The van der Waals surface area contributed by atoms with Gasteiger partial charge in [-0.3, -0.25) is 9.69 Å². The lowest BCUT2D eigenvalue weighted by atomic mass is 10.0. The van der Waals surface area contributed by atoms with Gasteiger partial charge < -0.3 is 10.2 Å². The summed E-state index contributed by atoms with van der Waals surface area (Å²) >= 11 is 0. The van der Waals surface area contributed by atoms with Crippen molar-refractivity contribution in [3.63, 3.8) is 0 Å². The third kappa shape index (κ3) is 4.79. The maximum absolute atomic E-state index is 12.7. The number of rotatable bonds is 7. The van der Waals surface area contributed by atoms with Crippen molar-refractivity contribution in [1.29, 1.82) is 0 Å². The van der Waals surface area contributed by atoms with Crippen LogP contribution in [0, 0.1) is 5.92 Å². The van der Waals surface area contributed by atoms with Gasteiger partial charge in [0.2, 0.25) is 5.91 Å². The Labute approximate surface area is 140 Å². The van der Waals surface area contributed by atoms with E-state index in [2.05, 4.69) is 35.9 Å². The van der Waals surface area contributed by atoms with Crippen LogP contribution in [0.25, 0.3) is 0 Å². The second kappa shape index (κ2) is 8.46. The zero-order valence-electron chi connectivity index (χ0n) is 15.0. The Bertz CT molecular complexity index is 489. The lowest BCUT2D eigenvalue weighted by Gasteiger charge is -2.27. The summed E-state index contributed by atoms with van der Waals surface area (Å²) in [7, 11) is 2.01. The largest absolute Gasteiger partial charge is 0.354 e. The minimum atomic E-state index is -0.205. The van der Waals surface area contributed by atoms with Gasteiger partial charge in [-0.05, 0) is 51.9 Å². The molecule has 0 aliphatic carbocycles. The van der Waals surface area contributed by atoms with Crippen molar-refractivity contribution in [2.75, 3.05) is 33.2 Å². The maximum atomic E-state index is 12.7. The lowest BCUT2D eigenvalue weighted by Crippen LogP contribution is -2.41. The molecule has 4 heteroatoms. The van der Waals surface area contributed by atoms with E-state index in [9.17, 15) is 4.79 Å². The molecule has 1 saturated heterocycles. The Morgan fingerprint density at radius 1 is 1.35 bits per heavy atom. The zero-order valence-corrected chi connectivity index (χ0v) is 15.0. The average Bonchev–Trinajstić information content (AvgIpc) is 3.03. The predicted molar refractivity (Wildman–Crippen MR) is 95.3 cm³/mol. The second-order valence-corrected chi connectivity index (χ2v) is 6.87. The number of likely N-dealkylation sites (tertiary alicyclic amines) is 1. The van der Waals surface area contributed by atoms with Gasteiger partial charge in [0.05, 0.1) is 0 Å². The Morgan fingerprint density at radius 2 is 2.04 bits per heavy atom. The molecule has 1 aromatic carbocycles. The lowest BCUT2D eigenvalue weighted by molar-refractivity contribution is -0.126. The Hall–Kier alpha value is -1.39. The molecule has 0 aromatic heterocycles. The highest BCUT2D eigenvalue weighted by molar-refractivity contribution is 5.83. The van der Waals surface area contributed by atoms with Crippen LogP contribution in [-0.2, 0) is 4.79 Å². The molecule has 128 valence electrons. The highest BCUT2D eigenvalue weighted by atomic mass is 16.2. The summed E-state index contributed by atoms with van der Waals surface area (Å²) < 4.78 is 0. The molecule has 1 heterocycles. The standard InChI is InChI=1S/C19H31N3O/c1-5-21(4)18(17-9-7-6-8-10-17)19(23)20-13-16-11-12-22(14-16)15(2)3/h6-10,15-16,18H,5,11-14H2,1-4H3,(H,20,23)/t16-,18-/m0/s1. The summed E-state index contributed by atoms with van der Waals surface area (Å²) in [5.74, 6) is 0.688. The van der Waals surface area contributed by atoms with Crippen LogP contribution in [0.2, 0.25) is 0 Å². The third-order valence-electron chi connectivity index (χ3n) is 4.92. The Balaban J connectivity index is 1.94. The van der Waals surface area contributed by atoms with E-state index in [0.717, 1.165) is 31.7 Å². The number of carbonyl (C=O) groups excluding carboxylic acids is 1. The second-order valence-electron chi connectivity index (χ2n) is 6.87. The molecular formula is C19H31N3O. The molecule has 4 nitrogen and oxygen atoms in total. The van der Waals surface area contributed by atoms with Crippen LogP contribution in [0.5, 0.6) is 0 Å². The predicted octanol–water partition coefficient (Wildman–Crippen LogP) is 2.53. The number of carbonyl (C=O) groups is 1. The normalized spacial score (nSPS) is 20.2. The summed E-state index contributed by atoms with van der Waals surface area (Å²) in [4.78, 5) is 17.3. The van der Waals surface area contributed by atoms with Crippen LogP contribution in [0.15, 0.2) is 30.3 Å². The van der Waals surface area contributed by atoms with Gasteiger partial charge in [-0.25, -0.2) is 0 Å². The van der Waals surface area contributed by atoms with Gasteiger partial charge in [0.25, 0.3) is 0 Å². The van der Waals surface area contributed by atoms with Gasteiger partial charge in [-0.2, -0.15) is 0 Å². The van der Waals surface area contributed by atoms with E-state index < -0.39 is 0 Å². The van der Waals surface area contributed by atoms with Crippen LogP contribution in [0.3, 0.4) is 0 Å². The van der Waals surface area contributed by atoms with E-state index in [4.69, 9.17) is 0 Å². The first-order valence-electron chi connectivity index (χ1n) is 8.79. The quantitative estimate of drug-likeness (QED) is 0.839. The smallest absolute Gasteiger partial charge is 0.241 e. The van der Waals surface area contributed by atoms with Gasteiger partial charge in [-0.15, -0.1) is 0 Å². The molecule has 1 amide bonds. The maximum Gasteiger partial charge on any atom is 0.241 e. The van der Waals surface area contributed by atoms with Crippen molar-refractivity contribution in [1.82, 2.24) is 15.1 Å². The minimum Gasteiger partial charge on any atom is -0.354 e. The molecular weight excluding hydrogens is 286 g/mol. The molecule has 0 unspecified atom stereocenters. The van der Waals surface area contributed by atoms with Gasteiger partial charge in [0.1, 0.15) is 6.04 Å². The summed E-state index contributed by atoms with van der Waals surface area (Å²) in [6, 6.07) is 10.4. The number of nitrogens with zero attached hydrogens (tertiary/aromatic N) is 2. The molecule has 1 aliphatic heterocycles. The van der Waals surface area contributed by atoms with Crippen LogP contribution >= 0.6 is 0 Å². The number of nitrogens with one attached hydrogen (secondary N) is 1. The third-order valence-corrected chi connectivity index (χ3v) is 4.92. The molecule has 1 N–H and O–H groups in total. The molecule has 1 aliphatic rings. The molecule has 0 radical (unpaired) electrons. The SMILES string of the molecule is CCN(C)[C@H](C(=O)NC[C@@H]1CCN(C(C)C)C1)c1ccccc1. The summed E-state index contributed by atoms with van der Waals surface area (Å²) in [5, 5.41) is 3.19. The van der Waals surface area contributed by atoms with Crippen molar-refractivity contribution in [3.05, 3.63) is 35.9 Å². The fourth-order valence-electron chi connectivity index (χ4n) is 3.26. The Morgan fingerprint density at radius 3 is 2.61 bits per heavy atom. The van der Waals surface area contributed by atoms with Crippen LogP contribution in [-0.4, -0.2) is 55.0 Å². The molecule has 2 atom stereocenters. The first-order valence-corrected chi connectivity index (χ1v) is 8.79. The molecule has 23 heavy (non-hydrogen) atoms. The summed E-state index contributed by atoms with van der Waals surface area (Å²) in [6.45, 7) is 10.4. The van der Waals surface area contributed by atoms with Crippen LogP contribution in [0.1, 0.15) is 38.8 Å². The number of likely N-dealkylation sites (N-methyl/N-ethyl adjacent to an activating group) is 1. The number of amides is 1. The van der Waals surface area contributed by atoms with E-state index >= 15 is 0 Å². The average molecular weight is 317 g/mol. The molecule has 1 aromatic rings. The highest BCUT2D eigenvalue weighted by Gasteiger charge is 2.27. The van der Waals surface area contributed by atoms with E-state index in [1.807, 2.05) is 37.4 Å². The molecule has 2 rings (SSSR count). The van der Waals surface area contributed by atoms with Crippen molar-refractivity contribution in [2.45, 2.75) is 39.3 Å². The molecule has 0 saturated carbocycles. The van der Waals surface area contributed by atoms with Crippen molar-refractivity contribution in [2.24, 2.45) is 5.92 Å². The van der Waals surface area contributed by atoms with Crippen molar-refractivity contribution >= 4 is 5.91 Å². The molecule has 1 fully saturated rings. The molecule has 0 bridgehead atoms. The first-order chi connectivity index (χ1) is 11.0. The van der Waals surface area contributed by atoms with E-state index in [1.165, 1.54) is 6.42 Å². The summed E-state index contributed by atoms with van der Waals surface area (Å²) in [6.07, 6.45) is 1.18. The van der Waals surface area contributed by atoms with Crippen LogP contribution < -0.4 is 5.32 Å². The van der Waals surface area contributed by atoms with Gasteiger partial charge in [-0.1, -0.05) is 37.3 Å². The van der Waals surface area contributed by atoms with E-state index in [-0.39, 0.29) is 11.9 Å². The van der Waals surface area contributed by atoms with E-state index in [1.54, 1.807) is 0 Å². The van der Waals surface area contributed by atoms with Gasteiger partial charge in [0.15, 0.2) is 0 Å². The van der Waals surface area contributed by atoms with Crippen molar-refractivity contribution < 1.29 is 4.79 Å². The first kappa shape index (κ1) is 18.0. The highest BCUT2D eigenvalue weighted by Crippen LogP contribution is 2.21. The fraction of sp³-hybridized carbons (Fsp3) is 0.632. The van der Waals surface area contributed by atoms with Crippen LogP contribution in [0.4, 0.5) is 0 Å². The minimum absolute atomic E-state index is 0.114. The monoisotopic (exact) mass is 317 g/mol. The van der Waals surface area contributed by atoms with E-state index in [0.29, 0.717) is 12.0 Å². The number of hydrogen-bond acceptors (Lipinski definition) is 3. The molecule has 0 spiro atoms. The number of benzene rings is 1. The zero-order chi connectivity index (χ0) is 16.8. The van der Waals surface area contributed by atoms with Gasteiger partial charge >= 0.3 is 0 Å². The number of hydrogen-bond donors (Lipinski definition) is 1. The van der Waals surface area contributed by atoms with Crippen molar-refractivity contribution in [3.8, 4) is 0 Å². The fourth-order valence-corrected chi connectivity index (χ4v) is 3.26. The Kier molecular flexibility index (Phi) is 6.60. The van der Waals surface area contributed by atoms with Gasteiger partial charge in [0, 0.05) is 19.1 Å². The summed E-state index contributed by atoms with van der Waals surface area (Å²) in [5.41, 5.74) is 1.06. The topological polar surface area (TPSA) is 35.6 Å².